The fraction of sp³-hybridized carbons (Fsp3) is 0.435. The fourth-order valence-electron chi connectivity index (χ4n) is 3.76. The van der Waals surface area contributed by atoms with Crippen molar-refractivity contribution in [1.29, 1.82) is 0 Å². The first-order valence-corrected chi connectivity index (χ1v) is 10.9. The van der Waals surface area contributed by atoms with Crippen LogP contribution in [0, 0.1) is 6.92 Å². The van der Waals surface area contributed by atoms with Crippen LogP contribution >= 0.6 is 23.2 Å². The molecule has 0 aliphatic carbocycles. The van der Waals surface area contributed by atoms with E-state index in [0.717, 1.165) is 37.1 Å². The van der Waals surface area contributed by atoms with Crippen molar-refractivity contribution >= 4 is 29.2 Å². The maximum Gasteiger partial charge on any atom is 0.318 e. The van der Waals surface area contributed by atoms with Crippen molar-refractivity contribution in [1.82, 2.24) is 15.1 Å². The van der Waals surface area contributed by atoms with Crippen LogP contribution in [0.15, 0.2) is 42.5 Å². The van der Waals surface area contributed by atoms with Gasteiger partial charge in [-0.3, -0.25) is 0 Å². The average Bonchev–Trinajstić information content (AvgIpc) is 2.70. The third-order valence-corrected chi connectivity index (χ3v) is 6.48. The molecule has 4 nitrogen and oxygen atoms in total. The Morgan fingerprint density at radius 2 is 1.83 bits per heavy atom. The molecule has 1 aliphatic rings. The summed E-state index contributed by atoms with van der Waals surface area (Å²) < 4.78 is 0. The second-order valence-corrected chi connectivity index (χ2v) is 8.75. The molecule has 29 heavy (non-hydrogen) atoms. The van der Waals surface area contributed by atoms with Gasteiger partial charge in [-0.2, -0.15) is 0 Å². The second kappa shape index (κ2) is 9.84. The molecule has 1 saturated heterocycles. The summed E-state index contributed by atoms with van der Waals surface area (Å²) in [5.74, 6) is 0. The van der Waals surface area contributed by atoms with Crippen molar-refractivity contribution in [3.05, 3.63) is 69.2 Å². The lowest BCUT2D eigenvalue weighted by Gasteiger charge is -2.38. The van der Waals surface area contributed by atoms with Crippen LogP contribution < -0.4 is 5.32 Å². The number of aryl methyl sites for hydroxylation is 1. The molecule has 2 aromatic rings. The number of carbonyl (C=O) groups is 1. The SMILES string of the molecule is Cc1ccc(CN(C(=O)NC(C)c2cccc(Cl)c2Cl)C2CCN(C)CC2)cc1. The summed E-state index contributed by atoms with van der Waals surface area (Å²) in [4.78, 5) is 17.6. The topological polar surface area (TPSA) is 35.6 Å². The standard InChI is InChI=1S/C23H29Cl2N3O/c1-16-7-9-18(10-8-16)15-28(19-11-13-27(3)14-12-19)23(29)26-17(2)20-5-4-6-21(24)22(20)25/h4-10,17,19H,11-15H2,1-3H3,(H,26,29). The zero-order valence-corrected chi connectivity index (χ0v) is 18.8. The lowest BCUT2D eigenvalue weighted by Crippen LogP contribution is -2.50. The summed E-state index contributed by atoms with van der Waals surface area (Å²) in [6, 6.07) is 13.8. The summed E-state index contributed by atoms with van der Waals surface area (Å²) in [6.45, 7) is 6.60. The van der Waals surface area contributed by atoms with Crippen molar-refractivity contribution in [2.45, 2.75) is 45.3 Å². The summed E-state index contributed by atoms with van der Waals surface area (Å²) in [5, 5.41) is 4.12. The minimum absolute atomic E-state index is 0.0660. The Morgan fingerprint density at radius 3 is 2.48 bits per heavy atom. The largest absolute Gasteiger partial charge is 0.331 e. The number of rotatable bonds is 5. The monoisotopic (exact) mass is 433 g/mol. The zero-order chi connectivity index (χ0) is 21.0. The number of urea groups is 1. The molecule has 156 valence electrons. The number of likely N-dealkylation sites (tertiary alicyclic amines) is 1. The van der Waals surface area contributed by atoms with Gasteiger partial charge in [-0.15, -0.1) is 0 Å². The van der Waals surface area contributed by atoms with Gasteiger partial charge in [-0.05, 0) is 64.0 Å². The molecule has 2 aromatic carbocycles. The predicted molar refractivity (Wildman–Crippen MR) is 121 cm³/mol. The molecule has 3 rings (SSSR count). The van der Waals surface area contributed by atoms with Gasteiger partial charge in [0, 0.05) is 12.6 Å². The molecule has 1 unspecified atom stereocenters. The molecule has 1 fully saturated rings. The Hall–Kier alpha value is -1.75. The number of piperidine rings is 1. The molecule has 1 N–H and O–H groups in total. The van der Waals surface area contributed by atoms with Gasteiger partial charge in [0.2, 0.25) is 0 Å². The first-order chi connectivity index (χ1) is 13.8. The van der Waals surface area contributed by atoms with E-state index in [1.165, 1.54) is 5.56 Å². The Balaban J connectivity index is 1.77. The predicted octanol–water partition coefficient (Wildman–Crippen LogP) is 5.67. The van der Waals surface area contributed by atoms with Gasteiger partial charge >= 0.3 is 6.03 Å². The first-order valence-electron chi connectivity index (χ1n) is 10.1. The zero-order valence-electron chi connectivity index (χ0n) is 17.3. The van der Waals surface area contributed by atoms with Crippen LogP contribution in [0.1, 0.15) is 42.5 Å². The second-order valence-electron chi connectivity index (χ2n) is 7.96. The van der Waals surface area contributed by atoms with E-state index in [1.54, 1.807) is 6.07 Å². The number of nitrogens with one attached hydrogen (secondary N) is 1. The van der Waals surface area contributed by atoms with E-state index in [9.17, 15) is 4.79 Å². The smallest absolute Gasteiger partial charge is 0.318 e. The van der Waals surface area contributed by atoms with E-state index < -0.39 is 0 Å². The van der Waals surface area contributed by atoms with Crippen LogP contribution in [0.25, 0.3) is 0 Å². The number of hydrogen-bond donors (Lipinski definition) is 1. The van der Waals surface area contributed by atoms with E-state index in [0.29, 0.717) is 16.6 Å². The van der Waals surface area contributed by atoms with Crippen LogP contribution in [-0.4, -0.2) is 42.0 Å². The minimum atomic E-state index is -0.236. The highest BCUT2D eigenvalue weighted by molar-refractivity contribution is 6.42. The lowest BCUT2D eigenvalue weighted by molar-refractivity contribution is 0.125. The molecule has 0 radical (unpaired) electrons. The summed E-state index contributed by atoms with van der Waals surface area (Å²) in [5.41, 5.74) is 3.18. The minimum Gasteiger partial charge on any atom is -0.331 e. The highest BCUT2D eigenvalue weighted by Gasteiger charge is 2.28. The Bertz CT molecular complexity index is 833. The highest BCUT2D eigenvalue weighted by atomic mass is 35.5. The van der Waals surface area contributed by atoms with E-state index in [4.69, 9.17) is 23.2 Å². The van der Waals surface area contributed by atoms with Crippen LogP contribution in [0.4, 0.5) is 4.79 Å². The number of amides is 2. The summed E-state index contributed by atoms with van der Waals surface area (Å²) in [6.07, 6.45) is 1.95. The molecule has 1 aliphatic heterocycles. The highest BCUT2D eigenvalue weighted by Crippen LogP contribution is 2.30. The molecule has 1 heterocycles. The van der Waals surface area contributed by atoms with Gasteiger partial charge in [0.25, 0.3) is 0 Å². The van der Waals surface area contributed by atoms with E-state index in [-0.39, 0.29) is 18.1 Å². The molecule has 2 amide bonds. The van der Waals surface area contributed by atoms with Gasteiger partial charge in [0.15, 0.2) is 0 Å². The normalized spacial score (nSPS) is 16.4. The van der Waals surface area contributed by atoms with Gasteiger partial charge < -0.3 is 15.1 Å². The number of halogens is 2. The number of carbonyl (C=O) groups excluding carboxylic acids is 1. The van der Waals surface area contributed by atoms with E-state index >= 15 is 0 Å². The molecule has 6 heteroatoms. The van der Waals surface area contributed by atoms with Crippen molar-refractivity contribution < 1.29 is 4.79 Å². The van der Waals surface area contributed by atoms with Gasteiger partial charge in [-0.25, -0.2) is 4.79 Å². The van der Waals surface area contributed by atoms with Crippen molar-refractivity contribution in [2.24, 2.45) is 0 Å². The summed E-state index contributed by atoms with van der Waals surface area (Å²) >= 11 is 12.5. The third kappa shape index (κ3) is 5.65. The Labute approximate surface area is 183 Å². The quantitative estimate of drug-likeness (QED) is 0.658. The van der Waals surface area contributed by atoms with Crippen LogP contribution in [0.2, 0.25) is 10.0 Å². The van der Waals surface area contributed by atoms with E-state index in [2.05, 4.69) is 48.5 Å². The molecule has 1 atom stereocenters. The Kier molecular flexibility index (Phi) is 7.44. The van der Waals surface area contributed by atoms with Crippen LogP contribution in [-0.2, 0) is 6.54 Å². The maximum atomic E-state index is 13.3. The van der Waals surface area contributed by atoms with Gasteiger partial charge in [0.05, 0.1) is 16.1 Å². The van der Waals surface area contributed by atoms with Crippen LogP contribution in [0.3, 0.4) is 0 Å². The Morgan fingerprint density at radius 1 is 1.17 bits per heavy atom. The lowest BCUT2D eigenvalue weighted by atomic mass is 10.0. The fourth-order valence-corrected chi connectivity index (χ4v) is 4.24. The van der Waals surface area contributed by atoms with Crippen molar-refractivity contribution in [3.63, 3.8) is 0 Å². The first kappa shape index (κ1) is 21.9. The molecular formula is C23H29Cl2N3O. The molecule has 0 spiro atoms. The summed E-state index contributed by atoms with van der Waals surface area (Å²) in [7, 11) is 2.13. The van der Waals surface area contributed by atoms with Crippen molar-refractivity contribution in [2.75, 3.05) is 20.1 Å². The van der Waals surface area contributed by atoms with Crippen LogP contribution in [0.5, 0.6) is 0 Å². The molecular weight excluding hydrogens is 405 g/mol. The van der Waals surface area contributed by atoms with E-state index in [1.807, 2.05) is 24.0 Å². The number of hydrogen-bond acceptors (Lipinski definition) is 2. The van der Waals surface area contributed by atoms with Gasteiger partial charge in [0.1, 0.15) is 0 Å². The third-order valence-electron chi connectivity index (χ3n) is 5.65. The molecule has 0 aromatic heterocycles. The average molecular weight is 434 g/mol. The number of nitrogens with zero attached hydrogens (tertiary/aromatic N) is 2. The van der Waals surface area contributed by atoms with Crippen molar-refractivity contribution in [3.8, 4) is 0 Å². The molecule has 0 saturated carbocycles. The molecule has 0 bridgehead atoms. The van der Waals surface area contributed by atoms with Gasteiger partial charge in [-0.1, -0.05) is 65.2 Å². The number of benzene rings is 2. The maximum absolute atomic E-state index is 13.3.